The second kappa shape index (κ2) is 5.31. The third-order valence-electron chi connectivity index (χ3n) is 3.92. The minimum atomic E-state index is -0.163. The molecule has 102 valence electrons. The van der Waals surface area contributed by atoms with E-state index in [0.29, 0.717) is 5.52 Å². The molecule has 0 radical (unpaired) electrons. The van der Waals surface area contributed by atoms with Gasteiger partial charge in [0.15, 0.2) is 0 Å². The summed E-state index contributed by atoms with van der Waals surface area (Å²) in [6.07, 6.45) is 1.18. The highest BCUT2D eigenvalue weighted by Gasteiger charge is 2.15. The Hall–Kier alpha value is -1.39. The molecule has 0 saturated carbocycles. The first-order valence-corrected chi connectivity index (χ1v) is 6.94. The maximum atomic E-state index is 13.8. The van der Waals surface area contributed by atoms with E-state index in [1.807, 2.05) is 13.0 Å². The van der Waals surface area contributed by atoms with Crippen molar-refractivity contribution in [3.05, 3.63) is 35.3 Å². The number of nitrogens with zero attached hydrogens (tertiary/aromatic N) is 1. The van der Waals surface area contributed by atoms with Crippen LogP contribution in [0.5, 0.6) is 0 Å². The van der Waals surface area contributed by atoms with Crippen molar-refractivity contribution >= 4 is 10.9 Å². The Morgan fingerprint density at radius 2 is 2.16 bits per heavy atom. The molecule has 1 aliphatic rings. The predicted molar refractivity (Wildman–Crippen MR) is 75.8 cm³/mol. The van der Waals surface area contributed by atoms with Gasteiger partial charge in [-0.3, -0.25) is 4.90 Å². The second-order valence-corrected chi connectivity index (χ2v) is 5.27. The average Bonchev–Trinajstić information content (AvgIpc) is 2.60. The number of aromatic nitrogens is 1. The van der Waals surface area contributed by atoms with E-state index in [0.717, 1.165) is 43.8 Å². The van der Waals surface area contributed by atoms with Crippen molar-refractivity contribution in [2.75, 3.05) is 26.2 Å². The average molecular weight is 261 g/mol. The number of aryl methyl sites for hydroxylation is 1. The molecule has 1 fully saturated rings. The first kappa shape index (κ1) is 12.6. The molecule has 3 nitrogen and oxygen atoms in total. The Bertz CT molecular complexity index is 568. The van der Waals surface area contributed by atoms with E-state index in [1.54, 1.807) is 6.07 Å². The summed E-state index contributed by atoms with van der Waals surface area (Å²) in [5.74, 6) is -0.163. The number of nitrogens with one attached hydrogen (secondary N) is 2. The van der Waals surface area contributed by atoms with E-state index in [-0.39, 0.29) is 5.82 Å². The predicted octanol–water partition coefficient (Wildman–Crippen LogP) is 2.41. The molecular formula is C15H20FN3. The van der Waals surface area contributed by atoms with Gasteiger partial charge >= 0.3 is 0 Å². The summed E-state index contributed by atoms with van der Waals surface area (Å²) in [5, 5.41) is 4.43. The summed E-state index contributed by atoms with van der Waals surface area (Å²) < 4.78 is 13.8. The molecule has 1 aliphatic heterocycles. The van der Waals surface area contributed by atoms with Gasteiger partial charge in [-0.1, -0.05) is 12.1 Å². The lowest BCUT2D eigenvalue weighted by Gasteiger charge is -2.19. The maximum Gasteiger partial charge on any atom is 0.147 e. The van der Waals surface area contributed by atoms with Crippen LogP contribution in [-0.4, -0.2) is 36.1 Å². The monoisotopic (exact) mass is 261 g/mol. The number of hydrogen-bond donors (Lipinski definition) is 2. The fraction of sp³-hybridized carbons (Fsp3) is 0.467. The molecule has 2 heterocycles. The molecule has 0 atom stereocenters. The highest BCUT2D eigenvalue weighted by Crippen LogP contribution is 2.25. The summed E-state index contributed by atoms with van der Waals surface area (Å²) in [6.45, 7) is 7.23. The van der Waals surface area contributed by atoms with Gasteiger partial charge in [0, 0.05) is 30.7 Å². The third-order valence-corrected chi connectivity index (χ3v) is 3.92. The van der Waals surface area contributed by atoms with Crippen LogP contribution in [-0.2, 0) is 6.54 Å². The topological polar surface area (TPSA) is 31.1 Å². The molecule has 1 saturated heterocycles. The lowest BCUT2D eigenvalue weighted by atomic mass is 10.1. The first-order valence-electron chi connectivity index (χ1n) is 6.94. The number of rotatable bonds is 2. The van der Waals surface area contributed by atoms with Crippen molar-refractivity contribution in [2.45, 2.75) is 19.9 Å². The number of aromatic amines is 1. The smallest absolute Gasteiger partial charge is 0.147 e. The zero-order valence-corrected chi connectivity index (χ0v) is 11.3. The van der Waals surface area contributed by atoms with E-state index < -0.39 is 0 Å². The zero-order chi connectivity index (χ0) is 13.2. The number of para-hydroxylation sites is 1. The molecule has 0 amide bonds. The number of halogens is 1. The van der Waals surface area contributed by atoms with Gasteiger partial charge in [-0.2, -0.15) is 0 Å². The van der Waals surface area contributed by atoms with Crippen molar-refractivity contribution in [1.29, 1.82) is 0 Å². The zero-order valence-electron chi connectivity index (χ0n) is 11.3. The number of hydrogen-bond acceptors (Lipinski definition) is 2. The van der Waals surface area contributed by atoms with Crippen molar-refractivity contribution in [2.24, 2.45) is 0 Å². The molecule has 0 aliphatic carbocycles. The van der Waals surface area contributed by atoms with Gasteiger partial charge in [0.1, 0.15) is 5.82 Å². The molecule has 2 N–H and O–H groups in total. The summed E-state index contributed by atoms with van der Waals surface area (Å²) in [4.78, 5) is 5.63. The van der Waals surface area contributed by atoms with Crippen LogP contribution in [0.1, 0.15) is 17.7 Å². The van der Waals surface area contributed by atoms with Gasteiger partial charge in [-0.05, 0) is 38.1 Å². The van der Waals surface area contributed by atoms with Gasteiger partial charge in [0.25, 0.3) is 0 Å². The second-order valence-electron chi connectivity index (χ2n) is 5.27. The van der Waals surface area contributed by atoms with Crippen molar-refractivity contribution in [1.82, 2.24) is 15.2 Å². The van der Waals surface area contributed by atoms with E-state index in [1.165, 1.54) is 18.1 Å². The molecule has 1 aromatic heterocycles. The number of H-pyrrole nitrogens is 1. The minimum absolute atomic E-state index is 0.163. The van der Waals surface area contributed by atoms with Gasteiger partial charge in [0.05, 0.1) is 5.52 Å². The fourth-order valence-corrected chi connectivity index (χ4v) is 2.85. The molecule has 0 unspecified atom stereocenters. The summed E-state index contributed by atoms with van der Waals surface area (Å²) in [6, 6.07) is 5.31. The molecule has 2 aromatic rings. The van der Waals surface area contributed by atoms with Crippen LogP contribution in [0.3, 0.4) is 0 Å². The first-order chi connectivity index (χ1) is 9.25. The highest BCUT2D eigenvalue weighted by atomic mass is 19.1. The molecular weight excluding hydrogens is 241 g/mol. The number of benzene rings is 1. The summed E-state index contributed by atoms with van der Waals surface area (Å²) in [7, 11) is 0. The molecule has 1 aromatic carbocycles. The Balaban J connectivity index is 1.91. The Labute approximate surface area is 112 Å². The molecule has 3 rings (SSSR count). The van der Waals surface area contributed by atoms with Crippen molar-refractivity contribution in [3.8, 4) is 0 Å². The summed E-state index contributed by atoms with van der Waals surface area (Å²) in [5.41, 5.74) is 2.96. The Morgan fingerprint density at radius 3 is 3.05 bits per heavy atom. The molecule has 0 spiro atoms. The maximum absolute atomic E-state index is 13.8. The van der Waals surface area contributed by atoms with Gasteiger partial charge in [-0.25, -0.2) is 4.39 Å². The lowest BCUT2D eigenvalue weighted by Crippen LogP contribution is -2.27. The van der Waals surface area contributed by atoms with Crippen LogP contribution in [0.4, 0.5) is 4.39 Å². The van der Waals surface area contributed by atoms with E-state index in [4.69, 9.17) is 0 Å². The van der Waals surface area contributed by atoms with E-state index >= 15 is 0 Å². The van der Waals surface area contributed by atoms with Gasteiger partial charge in [-0.15, -0.1) is 0 Å². The quantitative estimate of drug-likeness (QED) is 0.870. The van der Waals surface area contributed by atoms with Crippen LogP contribution in [0.15, 0.2) is 18.2 Å². The van der Waals surface area contributed by atoms with Gasteiger partial charge < -0.3 is 10.3 Å². The summed E-state index contributed by atoms with van der Waals surface area (Å²) >= 11 is 0. The Morgan fingerprint density at radius 1 is 1.26 bits per heavy atom. The van der Waals surface area contributed by atoms with Crippen molar-refractivity contribution < 1.29 is 4.39 Å². The number of fused-ring (bicyclic) bond motifs is 1. The highest BCUT2D eigenvalue weighted by molar-refractivity contribution is 5.85. The minimum Gasteiger partial charge on any atom is -0.356 e. The normalized spacial score (nSPS) is 17.8. The van der Waals surface area contributed by atoms with Crippen molar-refractivity contribution in [3.63, 3.8) is 0 Å². The third kappa shape index (κ3) is 2.51. The van der Waals surface area contributed by atoms with Crippen LogP contribution >= 0.6 is 0 Å². The largest absolute Gasteiger partial charge is 0.356 e. The standard InChI is InChI=1S/C15H20FN3/c1-11-13(10-19-8-3-6-17-7-9-19)12-4-2-5-14(16)15(12)18-11/h2,4-5,17-18H,3,6-10H2,1H3. The van der Waals surface area contributed by atoms with Crippen LogP contribution in [0.2, 0.25) is 0 Å². The molecule has 19 heavy (non-hydrogen) atoms. The van der Waals surface area contributed by atoms with E-state index in [2.05, 4.69) is 15.2 Å². The van der Waals surface area contributed by atoms with Crippen LogP contribution in [0, 0.1) is 12.7 Å². The molecule has 4 heteroatoms. The fourth-order valence-electron chi connectivity index (χ4n) is 2.85. The Kier molecular flexibility index (Phi) is 3.53. The molecule has 0 bridgehead atoms. The van der Waals surface area contributed by atoms with Crippen LogP contribution < -0.4 is 5.32 Å². The van der Waals surface area contributed by atoms with Crippen LogP contribution in [0.25, 0.3) is 10.9 Å². The van der Waals surface area contributed by atoms with E-state index in [9.17, 15) is 4.39 Å². The van der Waals surface area contributed by atoms with Gasteiger partial charge in [0.2, 0.25) is 0 Å². The SMILES string of the molecule is Cc1[nH]c2c(F)cccc2c1CN1CCCNCC1. The lowest BCUT2D eigenvalue weighted by molar-refractivity contribution is 0.285.